The summed E-state index contributed by atoms with van der Waals surface area (Å²) in [6.07, 6.45) is 0. The molecule has 1 unspecified atom stereocenters. The van der Waals surface area contributed by atoms with Gasteiger partial charge in [0.1, 0.15) is 0 Å². The number of methoxy groups -OCH3 is 1. The zero-order chi connectivity index (χ0) is 13.7. The van der Waals surface area contributed by atoms with Crippen molar-refractivity contribution in [2.45, 2.75) is 13.0 Å². The van der Waals surface area contributed by atoms with E-state index in [2.05, 4.69) is 5.32 Å². The molecule has 98 valence electrons. The first-order valence-electron chi connectivity index (χ1n) is 5.23. The average molecular weight is 254 g/mol. The number of nitro benzene ring substituents is 1. The van der Waals surface area contributed by atoms with Gasteiger partial charge in [-0.2, -0.15) is 0 Å². The van der Waals surface area contributed by atoms with Crippen LogP contribution in [0.5, 0.6) is 5.75 Å². The number of carbonyl (C=O) groups excluding carboxylic acids is 1. The first-order chi connectivity index (χ1) is 8.47. The van der Waals surface area contributed by atoms with Crippen LogP contribution in [0.15, 0.2) is 18.2 Å². The van der Waals surface area contributed by atoms with Gasteiger partial charge in [0.15, 0.2) is 0 Å². The fourth-order valence-corrected chi connectivity index (χ4v) is 1.46. The number of hydrogen-bond donors (Lipinski definition) is 2. The van der Waals surface area contributed by atoms with Crippen LogP contribution in [-0.4, -0.2) is 35.7 Å². The van der Waals surface area contributed by atoms with E-state index in [0.29, 0.717) is 6.61 Å². The molecular formula is C11H14N2O5. The molecule has 1 atom stereocenters. The lowest BCUT2D eigenvalue weighted by Gasteiger charge is -2.13. The van der Waals surface area contributed by atoms with Gasteiger partial charge in [-0.05, 0) is 13.0 Å². The van der Waals surface area contributed by atoms with Crippen molar-refractivity contribution >= 4 is 11.6 Å². The van der Waals surface area contributed by atoms with Gasteiger partial charge in [0.05, 0.1) is 17.1 Å². The summed E-state index contributed by atoms with van der Waals surface area (Å²) in [7, 11) is 1.49. The summed E-state index contributed by atoms with van der Waals surface area (Å²) in [4.78, 5) is 21.6. The molecule has 1 aromatic carbocycles. The van der Waals surface area contributed by atoms with Crippen LogP contribution in [-0.2, 0) is 4.74 Å². The molecule has 0 fully saturated rings. The molecule has 18 heavy (non-hydrogen) atoms. The van der Waals surface area contributed by atoms with Crippen LogP contribution in [0, 0.1) is 10.1 Å². The van der Waals surface area contributed by atoms with Crippen LogP contribution >= 0.6 is 0 Å². The van der Waals surface area contributed by atoms with E-state index in [0.717, 1.165) is 6.07 Å². The van der Waals surface area contributed by atoms with Crippen molar-refractivity contribution in [1.82, 2.24) is 5.32 Å². The fraction of sp³-hybridized carbons (Fsp3) is 0.364. The summed E-state index contributed by atoms with van der Waals surface area (Å²) in [6.45, 7) is 2.03. The number of phenolic OH excluding ortho intramolecular Hbond substituents is 1. The summed E-state index contributed by atoms with van der Waals surface area (Å²) in [5.41, 5.74) is -0.630. The molecule has 0 aromatic heterocycles. The highest BCUT2D eigenvalue weighted by Crippen LogP contribution is 2.29. The third-order valence-electron chi connectivity index (χ3n) is 2.25. The van der Waals surface area contributed by atoms with E-state index in [4.69, 9.17) is 4.74 Å². The minimum atomic E-state index is -0.745. The molecule has 0 radical (unpaired) electrons. The molecule has 0 aliphatic heterocycles. The number of hydrogen-bond acceptors (Lipinski definition) is 5. The maximum atomic E-state index is 11.8. The van der Waals surface area contributed by atoms with Crippen LogP contribution in [0.3, 0.4) is 0 Å². The lowest BCUT2D eigenvalue weighted by atomic mass is 10.1. The Balaban J connectivity index is 2.93. The molecular weight excluding hydrogens is 240 g/mol. The Bertz CT molecular complexity index is 461. The Kier molecular flexibility index (Phi) is 4.61. The second-order valence-corrected chi connectivity index (χ2v) is 3.76. The largest absolute Gasteiger partial charge is 0.502 e. The molecule has 1 amide bonds. The summed E-state index contributed by atoms with van der Waals surface area (Å²) >= 11 is 0. The van der Waals surface area contributed by atoms with E-state index in [1.165, 1.54) is 19.2 Å². The second kappa shape index (κ2) is 5.97. The Morgan fingerprint density at radius 1 is 1.61 bits per heavy atom. The van der Waals surface area contributed by atoms with Gasteiger partial charge in [-0.25, -0.2) is 0 Å². The van der Waals surface area contributed by atoms with Crippen LogP contribution in [0.25, 0.3) is 0 Å². The highest BCUT2D eigenvalue weighted by atomic mass is 16.6. The SMILES string of the molecule is COCC(C)NC(=O)c1cccc([N+](=O)[O-])c1O. The molecule has 0 bridgehead atoms. The van der Waals surface area contributed by atoms with Crippen molar-refractivity contribution in [2.24, 2.45) is 0 Å². The topological polar surface area (TPSA) is 102 Å². The van der Waals surface area contributed by atoms with Crippen LogP contribution < -0.4 is 5.32 Å². The van der Waals surface area contributed by atoms with Gasteiger partial charge in [-0.1, -0.05) is 6.07 Å². The van der Waals surface area contributed by atoms with E-state index >= 15 is 0 Å². The number of nitrogens with zero attached hydrogens (tertiary/aromatic N) is 1. The Morgan fingerprint density at radius 3 is 2.83 bits per heavy atom. The Hall–Kier alpha value is -2.15. The van der Waals surface area contributed by atoms with Crippen molar-refractivity contribution in [1.29, 1.82) is 0 Å². The maximum Gasteiger partial charge on any atom is 0.311 e. The molecule has 1 aromatic rings. The molecule has 2 N–H and O–H groups in total. The smallest absolute Gasteiger partial charge is 0.311 e. The number of carbonyl (C=O) groups is 1. The summed E-state index contributed by atoms with van der Waals surface area (Å²) in [5, 5.41) is 22.8. The quantitative estimate of drug-likeness (QED) is 0.604. The van der Waals surface area contributed by atoms with Gasteiger partial charge in [-0.15, -0.1) is 0 Å². The molecule has 7 heteroatoms. The van der Waals surface area contributed by atoms with E-state index in [1.807, 2.05) is 0 Å². The van der Waals surface area contributed by atoms with Gasteiger partial charge in [-0.3, -0.25) is 14.9 Å². The normalized spacial score (nSPS) is 11.9. The average Bonchev–Trinajstić information content (AvgIpc) is 2.28. The van der Waals surface area contributed by atoms with E-state index in [9.17, 15) is 20.0 Å². The third-order valence-corrected chi connectivity index (χ3v) is 2.25. The van der Waals surface area contributed by atoms with Gasteiger partial charge in [0.2, 0.25) is 5.75 Å². The molecule has 1 rings (SSSR count). The first kappa shape index (κ1) is 13.9. The molecule has 0 aliphatic rings. The highest BCUT2D eigenvalue weighted by molar-refractivity contribution is 5.98. The van der Waals surface area contributed by atoms with Gasteiger partial charge in [0, 0.05) is 19.2 Å². The number of nitro groups is 1. The van der Waals surface area contributed by atoms with E-state index in [-0.39, 0.29) is 11.6 Å². The first-order valence-corrected chi connectivity index (χ1v) is 5.23. The summed E-state index contributed by atoms with van der Waals surface area (Å²) in [6, 6.07) is 3.52. The van der Waals surface area contributed by atoms with Gasteiger partial charge < -0.3 is 15.2 Å². The van der Waals surface area contributed by atoms with Crippen molar-refractivity contribution in [3.05, 3.63) is 33.9 Å². The Labute approximate surface area is 104 Å². The van der Waals surface area contributed by atoms with Gasteiger partial charge >= 0.3 is 5.69 Å². The molecule has 0 heterocycles. The minimum absolute atomic E-state index is 0.132. The highest BCUT2D eigenvalue weighted by Gasteiger charge is 2.21. The maximum absolute atomic E-state index is 11.8. The Morgan fingerprint density at radius 2 is 2.28 bits per heavy atom. The lowest BCUT2D eigenvalue weighted by Crippen LogP contribution is -2.35. The lowest BCUT2D eigenvalue weighted by molar-refractivity contribution is -0.385. The van der Waals surface area contributed by atoms with Crippen LogP contribution in [0.1, 0.15) is 17.3 Å². The number of ether oxygens (including phenoxy) is 1. The fourth-order valence-electron chi connectivity index (χ4n) is 1.46. The second-order valence-electron chi connectivity index (χ2n) is 3.76. The van der Waals surface area contributed by atoms with Gasteiger partial charge in [0.25, 0.3) is 5.91 Å². The number of phenols is 1. The zero-order valence-electron chi connectivity index (χ0n) is 10.0. The molecule has 7 nitrogen and oxygen atoms in total. The van der Waals surface area contributed by atoms with Crippen LogP contribution in [0.2, 0.25) is 0 Å². The standard InChI is InChI=1S/C11H14N2O5/c1-7(6-18-2)12-11(15)8-4-3-5-9(10(8)14)13(16)17/h3-5,7,14H,6H2,1-2H3,(H,12,15). The molecule has 0 spiro atoms. The van der Waals surface area contributed by atoms with Crippen molar-refractivity contribution in [2.75, 3.05) is 13.7 Å². The zero-order valence-corrected chi connectivity index (χ0v) is 10.0. The van der Waals surface area contributed by atoms with E-state index in [1.54, 1.807) is 6.92 Å². The van der Waals surface area contributed by atoms with Crippen molar-refractivity contribution in [3.8, 4) is 5.75 Å². The number of rotatable bonds is 5. The minimum Gasteiger partial charge on any atom is -0.502 e. The number of para-hydroxylation sites is 1. The number of aromatic hydroxyl groups is 1. The van der Waals surface area contributed by atoms with Crippen molar-refractivity contribution in [3.63, 3.8) is 0 Å². The molecule has 0 saturated carbocycles. The predicted molar refractivity (Wildman–Crippen MR) is 63.6 cm³/mol. The van der Waals surface area contributed by atoms with Crippen LogP contribution in [0.4, 0.5) is 5.69 Å². The summed E-state index contributed by atoms with van der Waals surface area (Å²) in [5.74, 6) is -1.22. The number of benzene rings is 1. The van der Waals surface area contributed by atoms with Crippen molar-refractivity contribution < 1.29 is 19.6 Å². The predicted octanol–water partition coefficient (Wildman–Crippen LogP) is 1.07. The molecule has 0 aliphatic carbocycles. The number of amides is 1. The van der Waals surface area contributed by atoms with E-state index < -0.39 is 22.3 Å². The number of nitrogens with one attached hydrogen (secondary N) is 1. The summed E-state index contributed by atoms with van der Waals surface area (Å²) < 4.78 is 4.85. The third kappa shape index (κ3) is 3.17. The molecule has 0 saturated heterocycles. The monoisotopic (exact) mass is 254 g/mol.